The molecular formula is C25H27FN4O2. The Hall–Kier alpha value is -3.48. The van der Waals surface area contributed by atoms with Crippen molar-refractivity contribution >= 4 is 11.7 Å². The molecule has 7 heteroatoms. The van der Waals surface area contributed by atoms with Gasteiger partial charge in [-0.15, -0.1) is 10.2 Å². The highest BCUT2D eigenvalue weighted by molar-refractivity contribution is 5.81. The number of carbonyl (C=O) groups excluding carboxylic acids is 1. The lowest BCUT2D eigenvalue weighted by molar-refractivity contribution is -0.138. The Kier molecular flexibility index (Phi) is 6.35. The molecule has 1 fully saturated rings. The highest BCUT2D eigenvalue weighted by Gasteiger charge is 2.27. The monoisotopic (exact) mass is 434 g/mol. The first-order valence-electron chi connectivity index (χ1n) is 10.8. The van der Waals surface area contributed by atoms with Gasteiger partial charge in [0.1, 0.15) is 0 Å². The summed E-state index contributed by atoms with van der Waals surface area (Å²) in [6.07, 6.45) is -0.754. The maximum Gasteiger partial charge on any atom is 0.263 e. The minimum Gasteiger partial charge on any atom is -0.478 e. The number of aryl methyl sites for hydroxylation is 2. The van der Waals surface area contributed by atoms with Gasteiger partial charge in [-0.1, -0.05) is 24.3 Å². The quantitative estimate of drug-likeness (QED) is 0.607. The zero-order chi connectivity index (χ0) is 22.7. The van der Waals surface area contributed by atoms with E-state index in [0.717, 1.165) is 17.1 Å². The third-order valence-corrected chi connectivity index (χ3v) is 5.86. The summed E-state index contributed by atoms with van der Waals surface area (Å²) < 4.78 is 19.3. The van der Waals surface area contributed by atoms with Crippen molar-refractivity contribution in [2.24, 2.45) is 0 Å². The number of aromatic nitrogens is 2. The van der Waals surface area contributed by atoms with E-state index in [1.54, 1.807) is 24.0 Å². The number of ether oxygens (including phenoxy) is 1. The number of para-hydroxylation sites is 1. The second kappa shape index (κ2) is 9.34. The number of piperazine rings is 1. The molecular weight excluding hydrogens is 407 g/mol. The van der Waals surface area contributed by atoms with Gasteiger partial charge in [-0.05, 0) is 62.2 Å². The maximum atomic E-state index is 13.8. The maximum absolute atomic E-state index is 13.8. The first-order valence-corrected chi connectivity index (χ1v) is 10.8. The van der Waals surface area contributed by atoms with E-state index < -0.39 is 11.9 Å². The van der Waals surface area contributed by atoms with Crippen molar-refractivity contribution < 1.29 is 13.9 Å². The molecule has 0 N–H and O–H groups in total. The van der Waals surface area contributed by atoms with Crippen molar-refractivity contribution in [3.05, 3.63) is 71.5 Å². The summed E-state index contributed by atoms with van der Waals surface area (Å²) in [4.78, 5) is 16.6. The van der Waals surface area contributed by atoms with Crippen LogP contribution in [0.4, 0.5) is 10.2 Å². The molecule has 2 aromatic carbocycles. The van der Waals surface area contributed by atoms with Crippen LogP contribution in [0.1, 0.15) is 18.1 Å². The molecule has 1 amide bonds. The number of hydrogen-bond donors (Lipinski definition) is 0. The predicted octanol–water partition coefficient (Wildman–Crippen LogP) is 4.02. The van der Waals surface area contributed by atoms with Gasteiger partial charge in [0.05, 0.1) is 5.69 Å². The molecule has 1 aliphatic rings. The second-order valence-electron chi connectivity index (χ2n) is 8.08. The van der Waals surface area contributed by atoms with Crippen LogP contribution in [0.25, 0.3) is 11.3 Å². The number of rotatable bonds is 5. The van der Waals surface area contributed by atoms with Crippen molar-refractivity contribution in [2.75, 3.05) is 31.1 Å². The van der Waals surface area contributed by atoms with Crippen LogP contribution in [0, 0.1) is 19.7 Å². The Morgan fingerprint density at radius 2 is 1.72 bits per heavy atom. The summed E-state index contributed by atoms with van der Waals surface area (Å²) in [5.41, 5.74) is 4.36. The fraction of sp³-hybridized carbons (Fsp3) is 0.320. The van der Waals surface area contributed by atoms with Gasteiger partial charge in [-0.2, -0.15) is 0 Å². The van der Waals surface area contributed by atoms with E-state index in [2.05, 4.69) is 47.1 Å². The van der Waals surface area contributed by atoms with Crippen LogP contribution in [0.5, 0.6) is 5.75 Å². The molecule has 1 aromatic heterocycles. The van der Waals surface area contributed by atoms with Gasteiger partial charge in [-0.3, -0.25) is 4.79 Å². The van der Waals surface area contributed by atoms with Crippen LogP contribution >= 0.6 is 0 Å². The molecule has 1 atom stereocenters. The number of amides is 1. The van der Waals surface area contributed by atoms with Crippen molar-refractivity contribution in [2.45, 2.75) is 26.9 Å². The smallest absolute Gasteiger partial charge is 0.263 e. The molecule has 6 nitrogen and oxygen atoms in total. The molecule has 0 spiro atoms. The molecule has 2 heterocycles. The van der Waals surface area contributed by atoms with Gasteiger partial charge in [0.2, 0.25) is 0 Å². The summed E-state index contributed by atoms with van der Waals surface area (Å²) in [6.45, 7) is 8.22. The Morgan fingerprint density at radius 3 is 2.38 bits per heavy atom. The lowest BCUT2D eigenvalue weighted by Gasteiger charge is -2.36. The van der Waals surface area contributed by atoms with Crippen LogP contribution < -0.4 is 9.64 Å². The average Bonchev–Trinajstić information content (AvgIpc) is 2.82. The average molecular weight is 435 g/mol. The normalized spacial score (nSPS) is 14.9. The minimum atomic E-state index is -0.754. The molecule has 32 heavy (non-hydrogen) atoms. The largest absolute Gasteiger partial charge is 0.478 e. The van der Waals surface area contributed by atoms with Gasteiger partial charge in [0, 0.05) is 31.7 Å². The number of benzene rings is 2. The number of carbonyl (C=O) groups is 1. The molecule has 4 rings (SSSR count). The van der Waals surface area contributed by atoms with Gasteiger partial charge in [0.15, 0.2) is 23.5 Å². The summed E-state index contributed by atoms with van der Waals surface area (Å²) in [7, 11) is 0. The zero-order valence-electron chi connectivity index (χ0n) is 18.6. The first kappa shape index (κ1) is 21.7. The van der Waals surface area contributed by atoms with Gasteiger partial charge < -0.3 is 14.5 Å². The van der Waals surface area contributed by atoms with Crippen LogP contribution in [-0.4, -0.2) is 53.3 Å². The number of halogens is 1. The van der Waals surface area contributed by atoms with Gasteiger partial charge in [-0.25, -0.2) is 4.39 Å². The van der Waals surface area contributed by atoms with E-state index in [9.17, 15) is 9.18 Å². The van der Waals surface area contributed by atoms with Crippen LogP contribution in [0.3, 0.4) is 0 Å². The van der Waals surface area contributed by atoms with Crippen molar-refractivity contribution in [3.8, 4) is 17.0 Å². The first-order chi connectivity index (χ1) is 15.4. The summed E-state index contributed by atoms with van der Waals surface area (Å²) in [5.74, 6) is 0.260. The molecule has 3 aromatic rings. The van der Waals surface area contributed by atoms with E-state index in [1.165, 1.54) is 23.3 Å². The summed E-state index contributed by atoms with van der Waals surface area (Å²) in [6, 6.07) is 16.3. The Bertz CT molecular complexity index is 1100. The lowest BCUT2D eigenvalue weighted by Crippen LogP contribution is -2.52. The molecule has 166 valence electrons. The van der Waals surface area contributed by atoms with Crippen LogP contribution in [-0.2, 0) is 4.79 Å². The fourth-order valence-electron chi connectivity index (χ4n) is 3.74. The van der Waals surface area contributed by atoms with Gasteiger partial charge in [0.25, 0.3) is 5.91 Å². The Balaban J connectivity index is 1.34. The SMILES string of the molecule is Cc1ccc(-c2ccc(N3CCN(C(=O)C(C)Oc4ccccc4F)CC3)nn2)cc1C. The molecule has 1 aliphatic heterocycles. The van der Waals surface area contributed by atoms with E-state index in [1.807, 2.05) is 12.1 Å². The Morgan fingerprint density at radius 1 is 0.969 bits per heavy atom. The van der Waals surface area contributed by atoms with E-state index in [4.69, 9.17) is 4.74 Å². The summed E-state index contributed by atoms with van der Waals surface area (Å²) in [5, 5.41) is 8.81. The van der Waals surface area contributed by atoms with Crippen LogP contribution in [0.2, 0.25) is 0 Å². The Labute approximate surface area is 187 Å². The molecule has 0 radical (unpaired) electrons. The zero-order valence-corrected chi connectivity index (χ0v) is 18.6. The predicted molar refractivity (Wildman–Crippen MR) is 122 cm³/mol. The van der Waals surface area contributed by atoms with Crippen molar-refractivity contribution in [1.82, 2.24) is 15.1 Å². The number of anilines is 1. The van der Waals surface area contributed by atoms with Crippen molar-refractivity contribution in [1.29, 1.82) is 0 Å². The van der Waals surface area contributed by atoms with Crippen LogP contribution in [0.15, 0.2) is 54.6 Å². The van der Waals surface area contributed by atoms with Crippen molar-refractivity contribution in [3.63, 3.8) is 0 Å². The third kappa shape index (κ3) is 4.72. The molecule has 0 saturated carbocycles. The minimum absolute atomic E-state index is 0.0890. The number of nitrogens with zero attached hydrogens (tertiary/aromatic N) is 4. The van der Waals surface area contributed by atoms with E-state index >= 15 is 0 Å². The lowest BCUT2D eigenvalue weighted by atomic mass is 10.0. The standard InChI is InChI=1S/C25H27FN4O2/c1-17-8-9-20(16-18(17)2)22-10-11-24(28-27-22)29-12-14-30(15-13-29)25(31)19(3)32-23-7-5-4-6-21(23)26/h4-11,16,19H,12-15H2,1-3H3. The second-order valence-corrected chi connectivity index (χ2v) is 8.08. The molecule has 1 unspecified atom stereocenters. The highest BCUT2D eigenvalue weighted by atomic mass is 19.1. The highest BCUT2D eigenvalue weighted by Crippen LogP contribution is 2.22. The topological polar surface area (TPSA) is 58.6 Å². The van der Waals surface area contributed by atoms with E-state index in [-0.39, 0.29) is 11.7 Å². The van der Waals surface area contributed by atoms with Gasteiger partial charge >= 0.3 is 0 Å². The molecule has 0 aliphatic carbocycles. The third-order valence-electron chi connectivity index (χ3n) is 5.86. The summed E-state index contributed by atoms with van der Waals surface area (Å²) >= 11 is 0. The van der Waals surface area contributed by atoms with E-state index in [0.29, 0.717) is 26.2 Å². The number of hydrogen-bond acceptors (Lipinski definition) is 5. The molecule has 1 saturated heterocycles. The molecule has 0 bridgehead atoms. The fourth-order valence-corrected chi connectivity index (χ4v) is 3.74.